The van der Waals surface area contributed by atoms with E-state index in [4.69, 9.17) is 16.3 Å². The molecule has 0 radical (unpaired) electrons. The zero-order valence-corrected chi connectivity index (χ0v) is 10.5. The summed E-state index contributed by atoms with van der Waals surface area (Å²) < 4.78 is 5.09. The highest BCUT2D eigenvalue weighted by Gasteiger charge is 2.32. The molecule has 0 bridgehead atoms. The van der Waals surface area contributed by atoms with E-state index in [9.17, 15) is 9.90 Å². The van der Waals surface area contributed by atoms with Gasteiger partial charge < -0.3 is 20.5 Å². The van der Waals surface area contributed by atoms with Gasteiger partial charge in [-0.1, -0.05) is 17.7 Å². The number of hydrogen-bond donors (Lipinski definition) is 3. The van der Waals surface area contributed by atoms with Crippen LogP contribution in [0, 0.1) is 0 Å². The van der Waals surface area contributed by atoms with Gasteiger partial charge in [-0.2, -0.15) is 0 Å². The smallest absolute Gasteiger partial charge is 0.319 e. The molecule has 0 aliphatic carbocycles. The Morgan fingerprint density at radius 2 is 2.39 bits per heavy atom. The summed E-state index contributed by atoms with van der Waals surface area (Å²) in [6.45, 7) is 0.942. The van der Waals surface area contributed by atoms with E-state index in [2.05, 4.69) is 10.6 Å². The molecule has 18 heavy (non-hydrogen) atoms. The van der Waals surface area contributed by atoms with Gasteiger partial charge in [0.1, 0.15) is 5.60 Å². The van der Waals surface area contributed by atoms with Crippen molar-refractivity contribution in [1.82, 2.24) is 5.32 Å². The van der Waals surface area contributed by atoms with E-state index < -0.39 is 5.60 Å². The minimum absolute atomic E-state index is 0.166. The third kappa shape index (κ3) is 3.60. The molecular weight excluding hydrogens is 256 g/mol. The van der Waals surface area contributed by atoms with Crippen molar-refractivity contribution in [2.24, 2.45) is 0 Å². The molecule has 1 atom stereocenters. The summed E-state index contributed by atoms with van der Waals surface area (Å²) >= 11 is 5.80. The Morgan fingerprint density at radius 3 is 3.06 bits per heavy atom. The number of carbonyl (C=O) groups excluding carboxylic acids is 1. The maximum Gasteiger partial charge on any atom is 0.319 e. The second-order valence-corrected chi connectivity index (χ2v) is 4.78. The summed E-state index contributed by atoms with van der Waals surface area (Å²) in [5, 5.41) is 15.8. The Balaban J connectivity index is 1.82. The number of carbonyl (C=O) groups is 1. The summed E-state index contributed by atoms with van der Waals surface area (Å²) in [6, 6.07) is 6.48. The Morgan fingerprint density at radius 1 is 1.56 bits per heavy atom. The van der Waals surface area contributed by atoms with Crippen LogP contribution < -0.4 is 10.6 Å². The molecule has 98 valence electrons. The highest BCUT2D eigenvalue weighted by Crippen LogP contribution is 2.17. The average molecular weight is 271 g/mol. The van der Waals surface area contributed by atoms with Crippen LogP contribution in [0.2, 0.25) is 5.02 Å². The van der Waals surface area contributed by atoms with Crippen molar-refractivity contribution in [2.75, 3.05) is 25.1 Å². The topological polar surface area (TPSA) is 70.6 Å². The fourth-order valence-electron chi connectivity index (χ4n) is 1.72. The fraction of sp³-hybridized carbons (Fsp3) is 0.417. The number of nitrogens with one attached hydrogen (secondary N) is 2. The number of ether oxygens (including phenoxy) is 1. The zero-order chi connectivity index (χ0) is 13.0. The minimum Gasteiger partial charge on any atom is -0.386 e. The first-order valence-corrected chi connectivity index (χ1v) is 6.06. The third-order valence-corrected chi connectivity index (χ3v) is 2.98. The van der Waals surface area contributed by atoms with E-state index >= 15 is 0 Å². The molecule has 2 amide bonds. The predicted octanol–water partition coefficient (Wildman–Crippen LogP) is 1.61. The molecule has 0 aromatic heterocycles. The molecule has 1 aliphatic rings. The fourth-order valence-corrected chi connectivity index (χ4v) is 1.91. The van der Waals surface area contributed by atoms with Gasteiger partial charge in [-0.3, -0.25) is 0 Å². The number of amides is 2. The molecule has 1 heterocycles. The van der Waals surface area contributed by atoms with Gasteiger partial charge in [0.05, 0.1) is 13.2 Å². The van der Waals surface area contributed by atoms with Crippen LogP contribution in [-0.2, 0) is 4.74 Å². The van der Waals surface area contributed by atoms with Gasteiger partial charge in [-0.05, 0) is 18.2 Å². The van der Waals surface area contributed by atoms with Crippen molar-refractivity contribution in [3.05, 3.63) is 29.3 Å². The monoisotopic (exact) mass is 270 g/mol. The van der Waals surface area contributed by atoms with Crippen molar-refractivity contribution in [2.45, 2.75) is 12.0 Å². The number of anilines is 1. The first-order valence-electron chi connectivity index (χ1n) is 5.68. The molecule has 1 aromatic carbocycles. The van der Waals surface area contributed by atoms with Crippen LogP contribution in [0.25, 0.3) is 0 Å². The number of hydrogen-bond acceptors (Lipinski definition) is 3. The maximum absolute atomic E-state index is 11.6. The van der Waals surface area contributed by atoms with Gasteiger partial charge >= 0.3 is 6.03 Å². The molecule has 6 heteroatoms. The van der Waals surface area contributed by atoms with E-state index in [1.165, 1.54) is 0 Å². The van der Waals surface area contributed by atoms with Crippen LogP contribution in [0.15, 0.2) is 24.3 Å². The number of aliphatic hydroxyl groups is 1. The highest BCUT2D eigenvalue weighted by atomic mass is 35.5. The average Bonchev–Trinajstić information content (AvgIpc) is 2.74. The lowest BCUT2D eigenvalue weighted by Gasteiger charge is -2.20. The highest BCUT2D eigenvalue weighted by molar-refractivity contribution is 6.30. The molecular formula is C12H15ClN2O3. The summed E-state index contributed by atoms with van der Waals surface area (Å²) in [4.78, 5) is 11.6. The van der Waals surface area contributed by atoms with E-state index in [0.29, 0.717) is 23.7 Å². The number of rotatable bonds is 3. The first kappa shape index (κ1) is 13.1. The molecule has 1 aliphatic heterocycles. The van der Waals surface area contributed by atoms with Crippen LogP contribution in [0.4, 0.5) is 10.5 Å². The zero-order valence-electron chi connectivity index (χ0n) is 9.78. The minimum atomic E-state index is -0.953. The Hall–Kier alpha value is -1.30. The number of halogens is 1. The van der Waals surface area contributed by atoms with Crippen molar-refractivity contribution in [1.29, 1.82) is 0 Å². The SMILES string of the molecule is O=C(NCC1(O)CCOC1)Nc1cccc(Cl)c1. The van der Waals surface area contributed by atoms with E-state index in [1.807, 2.05) is 0 Å². The summed E-state index contributed by atoms with van der Waals surface area (Å²) in [6.07, 6.45) is 0.532. The lowest BCUT2D eigenvalue weighted by atomic mass is 10.0. The Labute approximate surface area is 110 Å². The second-order valence-electron chi connectivity index (χ2n) is 4.34. The van der Waals surface area contributed by atoms with Gasteiger partial charge in [0.2, 0.25) is 0 Å². The van der Waals surface area contributed by atoms with Crippen molar-refractivity contribution in [3.63, 3.8) is 0 Å². The molecule has 3 N–H and O–H groups in total. The second kappa shape index (κ2) is 5.56. The lowest BCUT2D eigenvalue weighted by molar-refractivity contribution is 0.0295. The Kier molecular flexibility index (Phi) is 4.06. The standard InChI is InChI=1S/C12H15ClN2O3/c13-9-2-1-3-10(6-9)15-11(16)14-7-12(17)4-5-18-8-12/h1-3,6,17H,4-5,7-8H2,(H2,14,15,16). The van der Waals surface area contributed by atoms with Crippen molar-refractivity contribution in [3.8, 4) is 0 Å². The number of benzene rings is 1. The van der Waals surface area contributed by atoms with Crippen LogP contribution in [0.5, 0.6) is 0 Å². The van der Waals surface area contributed by atoms with E-state index in [1.54, 1.807) is 24.3 Å². The molecule has 0 saturated carbocycles. The Bertz CT molecular complexity index is 433. The molecule has 1 saturated heterocycles. The quantitative estimate of drug-likeness (QED) is 0.782. The van der Waals surface area contributed by atoms with Gasteiger partial charge in [-0.25, -0.2) is 4.79 Å². The molecule has 1 unspecified atom stereocenters. The van der Waals surface area contributed by atoms with Gasteiger partial charge in [0, 0.05) is 23.7 Å². The first-order chi connectivity index (χ1) is 8.57. The molecule has 0 spiro atoms. The third-order valence-electron chi connectivity index (χ3n) is 2.74. The van der Waals surface area contributed by atoms with Crippen LogP contribution in [0.1, 0.15) is 6.42 Å². The van der Waals surface area contributed by atoms with E-state index in [0.717, 1.165) is 0 Å². The van der Waals surface area contributed by atoms with Gasteiger partial charge in [0.15, 0.2) is 0 Å². The van der Waals surface area contributed by atoms with Crippen LogP contribution in [-0.4, -0.2) is 36.5 Å². The summed E-state index contributed by atoms with van der Waals surface area (Å²) in [5.74, 6) is 0. The van der Waals surface area contributed by atoms with Crippen molar-refractivity contribution < 1.29 is 14.6 Å². The van der Waals surface area contributed by atoms with Gasteiger partial charge in [0.25, 0.3) is 0 Å². The van der Waals surface area contributed by atoms with Crippen LogP contribution in [0.3, 0.4) is 0 Å². The molecule has 1 aromatic rings. The molecule has 1 fully saturated rings. The number of urea groups is 1. The van der Waals surface area contributed by atoms with E-state index in [-0.39, 0.29) is 19.2 Å². The van der Waals surface area contributed by atoms with Gasteiger partial charge in [-0.15, -0.1) is 0 Å². The lowest BCUT2D eigenvalue weighted by Crippen LogP contribution is -2.44. The largest absolute Gasteiger partial charge is 0.386 e. The summed E-state index contributed by atoms with van der Waals surface area (Å²) in [7, 11) is 0. The van der Waals surface area contributed by atoms with Crippen molar-refractivity contribution >= 4 is 23.3 Å². The molecule has 5 nitrogen and oxygen atoms in total. The normalized spacial score (nSPS) is 22.8. The molecule has 2 rings (SSSR count). The van der Waals surface area contributed by atoms with Crippen LogP contribution >= 0.6 is 11.6 Å². The maximum atomic E-state index is 11.6. The summed E-state index contributed by atoms with van der Waals surface area (Å²) in [5.41, 5.74) is -0.347. The predicted molar refractivity (Wildman–Crippen MR) is 68.9 cm³/mol.